The Kier molecular flexibility index (Phi) is 4.34. The second-order valence-electron chi connectivity index (χ2n) is 6.27. The van der Waals surface area contributed by atoms with E-state index in [4.69, 9.17) is 0 Å². The molecule has 0 saturated heterocycles. The lowest BCUT2D eigenvalue weighted by Crippen LogP contribution is -2.27. The van der Waals surface area contributed by atoms with Gasteiger partial charge in [-0.25, -0.2) is 0 Å². The maximum atomic E-state index is 4.25. The maximum Gasteiger partial charge on any atom is 0.0830 e. The fraction of sp³-hybridized carbons (Fsp3) is 0.529. The third kappa shape index (κ3) is 4.14. The highest BCUT2D eigenvalue weighted by Crippen LogP contribution is 2.21. The van der Waals surface area contributed by atoms with Gasteiger partial charge in [0.25, 0.3) is 0 Å². The topological polar surface area (TPSA) is 42.7 Å². The minimum absolute atomic E-state index is 0.573. The highest BCUT2D eigenvalue weighted by atomic mass is 15.4. The van der Waals surface area contributed by atoms with Crippen molar-refractivity contribution < 1.29 is 0 Å². The molecule has 0 bridgehead atoms. The van der Waals surface area contributed by atoms with Crippen molar-refractivity contribution in [1.29, 1.82) is 0 Å². The predicted octanol–water partition coefficient (Wildman–Crippen LogP) is 2.28. The first kappa shape index (κ1) is 14.3. The van der Waals surface area contributed by atoms with Crippen LogP contribution in [0.5, 0.6) is 0 Å². The molecule has 21 heavy (non-hydrogen) atoms. The lowest BCUT2D eigenvalue weighted by Gasteiger charge is -2.18. The van der Waals surface area contributed by atoms with Crippen LogP contribution in [0.4, 0.5) is 0 Å². The highest BCUT2D eigenvalue weighted by molar-refractivity contribution is 5.26. The maximum absolute atomic E-state index is 4.25. The Morgan fingerprint density at radius 2 is 2.10 bits per heavy atom. The first-order valence-corrected chi connectivity index (χ1v) is 7.84. The van der Waals surface area contributed by atoms with Crippen LogP contribution >= 0.6 is 0 Å². The van der Waals surface area contributed by atoms with Crippen LogP contribution < -0.4 is 5.32 Å². The molecule has 112 valence electrons. The third-order valence-electron chi connectivity index (χ3n) is 4.19. The summed E-state index contributed by atoms with van der Waals surface area (Å²) in [7, 11) is 1.93. The molecule has 1 N–H and O–H groups in total. The van der Waals surface area contributed by atoms with Gasteiger partial charge < -0.3 is 5.32 Å². The molecule has 0 radical (unpaired) electrons. The Morgan fingerprint density at radius 1 is 1.29 bits per heavy atom. The molecular formula is C17H24N4. The van der Waals surface area contributed by atoms with E-state index in [0.29, 0.717) is 5.92 Å². The van der Waals surface area contributed by atoms with Gasteiger partial charge in [-0.05, 0) is 56.2 Å². The second-order valence-corrected chi connectivity index (χ2v) is 6.27. The monoisotopic (exact) mass is 284 g/mol. The highest BCUT2D eigenvalue weighted by Gasteiger charge is 2.22. The van der Waals surface area contributed by atoms with Crippen LogP contribution in [0.3, 0.4) is 0 Å². The van der Waals surface area contributed by atoms with Crippen molar-refractivity contribution in [3.05, 3.63) is 47.3 Å². The van der Waals surface area contributed by atoms with Gasteiger partial charge in [0.2, 0.25) is 0 Å². The van der Waals surface area contributed by atoms with Gasteiger partial charge in [-0.15, -0.1) is 5.10 Å². The number of benzene rings is 1. The van der Waals surface area contributed by atoms with Gasteiger partial charge in [0.15, 0.2) is 0 Å². The fourth-order valence-electron chi connectivity index (χ4n) is 2.77. The van der Waals surface area contributed by atoms with Gasteiger partial charge in [-0.3, -0.25) is 4.68 Å². The zero-order valence-corrected chi connectivity index (χ0v) is 12.9. The lowest BCUT2D eigenvalue weighted by molar-refractivity contribution is 0.464. The summed E-state index contributed by atoms with van der Waals surface area (Å²) in [6.07, 6.45) is 6.79. The molecule has 1 saturated carbocycles. The Balaban J connectivity index is 1.67. The van der Waals surface area contributed by atoms with Crippen molar-refractivity contribution in [2.24, 2.45) is 13.0 Å². The standard InChI is InChI=1S/C17H24N4/c1-13-5-3-4-6-15(13)9-14(11-18-16-7-8-16)10-17-12-21(2)20-19-17/h3-6,12,14,16,18H,7-11H2,1-2H3. The summed E-state index contributed by atoms with van der Waals surface area (Å²) < 4.78 is 1.79. The third-order valence-corrected chi connectivity index (χ3v) is 4.19. The number of rotatable bonds is 7. The molecular weight excluding hydrogens is 260 g/mol. The van der Waals surface area contributed by atoms with E-state index < -0.39 is 0 Å². The number of hydrogen-bond acceptors (Lipinski definition) is 3. The molecule has 1 atom stereocenters. The zero-order chi connectivity index (χ0) is 14.7. The minimum atomic E-state index is 0.573. The average molecular weight is 284 g/mol. The SMILES string of the molecule is Cc1ccccc1CC(CNC1CC1)Cc1cn(C)nn1. The van der Waals surface area contributed by atoms with Crippen LogP contribution in [-0.2, 0) is 19.9 Å². The number of nitrogens with one attached hydrogen (secondary N) is 1. The molecule has 1 aromatic carbocycles. The van der Waals surface area contributed by atoms with E-state index in [0.717, 1.165) is 31.1 Å². The number of aromatic nitrogens is 3. The molecule has 0 aliphatic heterocycles. The quantitative estimate of drug-likeness (QED) is 0.848. The van der Waals surface area contributed by atoms with Crippen molar-refractivity contribution in [3.63, 3.8) is 0 Å². The van der Waals surface area contributed by atoms with Gasteiger partial charge >= 0.3 is 0 Å². The molecule has 1 aliphatic rings. The largest absolute Gasteiger partial charge is 0.314 e. The van der Waals surface area contributed by atoms with Crippen LogP contribution in [0.2, 0.25) is 0 Å². The van der Waals surface area contributed by atoms with Crippen molar-refractivity contribution in [2.75, 3.05) is 6.54 Å². The Labute approximate surface area is 126 Å². The van der Waals surface area contributed by atoms with Crippen LogP contribution in [0, 0.1) is 12.8 Å². The van der Waals surface area contributed by atoms with Gasteiger partial charge in [-0.1, -0.05) is 29.5 Å². The molecule has 0 spiro atoms. The molecule has 4 nitrogen and oxygen atoms in total. The summed E-state index contributed by atoms with van der Waals surface area (Å²) in [5.41, 5.74) is 3.92. The molecule has 1 fully saturated rings. The number of nitrogens with zero attached hydrogens (tertiary/aromatic N) is 3. The van der Waals surface area contributed by atoms with Crippen molar-refractivity contribution >= 4 is 0 Å². The Hall–Kier alpha value is -1.68. The van der Waals surface area contributed by atoms with Crippen molar-refractivity contribution in [1.82, 2.24) is 20.3 Å². The molecule has 2 aromatic rings. The molecule has 1 unspecified atom stereocenters. The van der Waals surface area contributed by atoms with Gasteiger partial charge in [0.05, 0.1) is 5.69 Å². The fourth-order valence-corrected chi connectivity index (χ4v) is 2.77. The second kappa shape index (κ2) is 6.39. The first-order chi connectivity index (χ1) is 10.2. The first-order valence-electron chi connectivity index (χ1n) is 7.84. The zero-order valence-electron chi connectivity index (χ0n) is 12.9. The van der Waals surface area contributed by atoms with Crippen molar-refractivity contribution in [2.45, 2.75) is 38.6 Å². The van der Waals surface area contributed by atoms with Crippen LogP contribution in [0.15, 0.2) is 30.5 Å². The van der Waals surface area contributed by atoms with Crippen LogP contribution in [0.1, 0.15) is 29.7 Å². The van der Waals surface area contributed by atoms with E-state index in [1.54, 1.807) is 4.68 Å². The van der Waals surface area contributed by atoms with Gasteiger partial charge in [-0.2, -0.15) is 0 Å². The molecule has 3 rings (SSSR count). The minimum Gasteiger partial charge on any atom is -0.314 e. The van der Waals surface area contributed by atoms with Crippen LogP contribution in [-0.4, -0.2) is 27.6 Å². The van der Waals surface area contributed by atoms with E-state index >= 15 is 0 Å². The Morgan fingerprint density at radius 3 is 2.76 bits per heavy atom. The Bertz CT molecular complexity index is 586. The van der Waals surface area contributed by atoms with Gasteiger partial charge in [0, 0.05) is 19.3 Å². The lowest BCUT2D eigenvalue weighted by atomic mass is 9.92. The van der Waals surface area contributed by atoms with E-state index in [1.807, 2.05) is 13.2 Å². The molecule has 0 amide bonds. The summed E-state index contributed by atoms with van der Waals surface area (Å²) in [4.78, 5) is 0. The predicted molar refractivity (Wildman–Crippen MR) is 84.1 cm³/mol. The molecule has 1 aromatic heterocycles. The van der Waals surface area contributed by atoms with E-state index in [2.05, 4.69) is 46.8 Å². The van der Waals surface area contributed by atoms with Crippen LogP contribution in [0.25, 0.3) is 0 Å². The smallest absolute Gasteiger partial charge is 0.0830 e. The van der Waals surface area contributed by atoms with E-state index in [-0.39, 0.29) is 0 Å². The van der Waals surface area contributed by atoms with E-state index in [9.17, 15) is 0 Å². The van der Waals surface area contributed by atoms with Gasteiger partial charge in [0.1, 0.15) is 0 Å². The average Bonchev–Trinajstić information content (AvgIpc) is 3.21. The number of hydrogen-bond donors (Lipinski definition) is 1. The van der Waals surface area contributed by atoms with Crippen molar-refractivity contribution in [3.8, 4) is 0 Å². The normalized spacial score (nSPS) is 16.1. The molecule has 1 aliphatic carbocycles. The summed E-state index contributed by atoms with van der Waals surface area (Å²) in [5.74, 6) is 0.573. The summed E-state index contributed by atoms with van der Waals surface area (Å²) in [6, 6.07) is 9.44. The summed E-state index contributed by atoms with van der Waals surface area (Å²) in [6.45, 7) is 3.26. The summed E-state index contributed by atoms with van der Waals surface area (Å²) >= 11 is 0. The molecule has 1 heterocycles. The number of aryl methyl sites for hydroxylation is 2. The molecule has 4 heteroatoms. The summed E-state index contributed by atoms with van der Waals surface area (Å²) in [5, 5.41) is 12.0. The van der Waals surface area contributed by atoms with E-state index in [1.165, 1.54) is 24.0 Å².